The lowest BCUT2D eigenvalue weighted by atomic mass is 9.89. The van der Waals surface area contributed by atoms with Crippen molar-refractivity contribution in [3.63, 3.8) is 0 Å². The van der Waals surface area contributed by atoms with Gasteiger partial charge >= 0.3 is 0 Å². The minimum Gasteiger partial charge on any atom is -0.299 e. The summed E-state index contributed by atoms with van der Waals surface area (Å²) in [4.78, 5) is 3.71. The maximum atomic E-state index is 4.54. The summed E-state index contributed by atoms with van der Waals surface area (Å²) in [5.41, 5.74) is 5.97. The Balaban J connectivity index is 2.43. The fourth-order valence-corrected chi connectivity index (χ4v) is 4.55. The molecule has 0 heterocycles. The maximum absolute atomic E-state index is 4.54. The lowest BCUT2D eigenvalue weighted by Gasteiger charge is -2.33. The standard InChI is InChI=1S/C24H37NS/c1-19-13-11-12-16-23(19)24(25(3)4)18-22(20(2)26(5,6)7)17-21-14-9-8-10-15-21/h8-9,11,13-14,18,24H,2,10,12,15-17H2,1,3-7H3/b22-18-. The van der Waals surface area contributed by atoms with E-state index in [0.717, 1.165) is 19.3 Å². The summed E-state index contributed by atoms with van der Waals surface area (Å²) in [6, 6.07) is 0.355. The Bertz CT molecular complexity index is 677. The van der Waals surface area contributed by atoms with Gasteiger partial charge in [0.1, 0.15) is 0 Å². The van der Waals surface area contributed by atoms with Gasteiger partial charge in [0.2, 0.25) is 0 Å². The summed E-state index contributed by atoms with van der Waals surface area (Å²) in [6.45, 7) is 6.80. The van der Waals surface area contributed by atoms with Crippen molar-refractivity contribution in [2.45, 2.75) is 45.1 Å². The molecular formula is C24H37NS. The smallest absolute Gasteiger partial charge is 0.0497 e. The molecule has 26 heavy (non-hydrogen) atoms. The average Bonchev–Trinajstić information content (AvgIpc) is 2.58. The van der Waals surface area contributed by atoms with Gasteiger partial charge in [0.15, 0.2) is 0 Å². The molecule has 1 unspecified atom stereocenters. The highest BCUT2D eigenvalue weighted by atomic mass is 32.3. The lowest BCUT2D eigenvalue weighted by Crippen LogP contribution is -2.30. The van der Waals surface area contributed by atoms with Crippen LogP contribution in [0.15, 0.2) is 70.2 Å². The van der Waals surface area contributed by atoms with Crippen molar-refractivity contribution in [1.29, 1.82) is 0 Å². The van der Waals surface area contributed by atoms with Gasteiger partial charge in [-0.2, -0.15) is 0 Å². The Morgan fingerprint density at radius 2 is 1.88 bits per heavy atom. The third-order valence-corrected chi connectivity index (χ3v) is 7.08. The lowest BCUT2D eigenvalue weighted by molar-refractivity contribution is 0.369. The topological polar surface area (TPSA) is 3.24 Å². The van der Waals surface area contributed by atoms with Gasteiger partial charge in [0.05, 0.1) is 0 Å². The molecule has 0 aromatic rings. The van der Waals surface area contributed by atoms with Gasteiger partial charge in [-0.3, -0.25) is 4.90 Å². The summed E-state index contributed by atoms with van der Waals surface area (Å²) in [6.07, 6.45) is 26.7. The number of likely N-dealkylation sites (N-methyl/N-ethyl adjacent to an activating group) is 1. The monoisotopic (exact) mass is 371 g/mol. The van der Waals surface area contributed by atoms with E-state index in [-0.39, 0.29) is 0 Å². The molecule has 0 aromatic heterocycles. The van der Waals surface area contributed by atoms with Gasteiger partial charge in [-0.25, -0.2) is 10.0 Å². The third kappa shape index (κ3) is 5.62. The first-order chi connectivity index (χ1) is 12.2. The highest BCUT2D eigenvalue weighted by Crippen LogP contribution is 2.49. The molecule has 0 saturated heterocycles. The first-order valence-corrected chi connectivity index (χ1v) is 12.5. The zero-order chi connectivity index (χ0) is 19.3. The molecule has 0 spiro atoms. The molecular weight excluding hydrogens is 334 g/mol. The van der Waals surface area contributed by atoms with E-state index in [1.807, 2.05) is 0 Å². The van der Waals surface area contributed by atoms with Gasteiger partial charge < -0.3 is 0 Å². The molecule has 0 aromatic carbocycles. The Labute approximate surface area is 163 Å². The number of hydrogen-bond donors (Lipinski definition) is 0. The van der Waals surface area contributed by atoms with Gasteiger partial charge in [-0.1, -0.05) is 54.2 Å². The van der Waals surface area contributed by atoms with Crippen LogP contribution in [0.1, 0.15) is 39.0 Å². The summed E-state index contributed by atoms with van der Waals surface area (Å²) in [5.74, 6) is 0. The summed E-state index contributed by atoms with van der Waals surface area (Å²) >= 11 is 0. The molecule has 0 fully saturated rings. The van der Waals surface area contributed by atoms with Gasteiger partial charge in [0.25, 0.3) is 0 Å². The molecule has 2 aliphatic carbocycles. The van der Waals surface area contributed by atoms with E-state index in [2.05, 4.69) is 87.7 Å². The maximum Gasteiger partial charge on any atom is 0.0497 e. The second-order valence-corrected chi connectivity index (χ2v) is 12.6. The van der Waals surface area contributed by atoms with Gasteiger partial charge in [-0.15, -0.1) is 0 Å². The molecule has 1 nitrogen and oxygen atoms in total. The number of hydrogen-bond acceptors (Lipinski definition) is 1. The first-order valence-electron chi connectivity index (χ1n) is 9.65. The van der Waals surface area contributed by atoms with Crippen molar-refractivity contribution in [3.8, 4) is 0 Å². The predicted molar refractivity (Wildman–Crippen MR) is 122 cm³/mol. The predicted octanol–water partition coefficient (Wildman–Crippen LogP) is 6.38. The molecule has 0 aliphatic heterocycles. The molecule has 0 radical (unpaired) electrons. The van der Waals surface area contributed by atoms with Gasteiger partial charge in [-0.05, 0) is 87.9 Å². The second kappa shape index (κ2) is 9.10. The Morgan fingerprint density at radius 3 is 2.42 bits per heavy atom. The van der Waals surface area contributed by atoms with Crippen LogP contribution in [0.3, 0.4) is 0 Å². The molecule has 2 heteroatoms. The van der Waals surface area contributed by atoms with Crippen LogP contribution in [0.2, 0.25) is 0 Å². The molecule has 0 bridgehead atoms. The van der Waals surface area contributed by atoms with Crippen LogP contribution in [0.25, 0.3) is 0 Å². The van der Waals surface area contributed by atoms with Crippen LogP contribution in [0.5, 0.6) is 0 Å². The van der Waals surface area contributed by atoms with Crippen LogP contribution >= 0.6 is 10.0 Å². The van der Waals surface area contributed by atoms with E-state index in [0.29, 0.717) is 6.04 Å². The third-order valence-electron chi connectivity index (χ3n) is 5.34. The van der Waals surface area contributed by atoms with E-state index in [1.54, 1.807) is 5.57 Å². The van der Waals surface area contributed by atoms with Crippen molar-refractivity contribution in [2.24, 2.45) is 0 Å². The number of rotatable bonds is 7. The van der Waals surface area contributed by atoms with Crippen LogP contribution in [0, 0.1) is 0 Å². The minimum absolute atomic E-state index is 0.355. The van der Waals surface area contributed by atoms with Crippen LogP contribution < -0.4 is 0 Å². The summed E-state index contributed by atoms with van der Waals surface area (Å²) in [5, 5.41) is 0. The summed E-state index contributed by atoms with van der Waals surface area (Å²) in [7, 11) is 3.58. The van der Waals surface area contributed by atoms with Crippen LogP contribution in [-0.4, -0.2) is 43.8 Å². The highest BCUT2D eigenvalue weighted by Gasteiger charge is 2.22. The Hall–Kier alpha value is -1.25. The van der Waals surface area contributed by atoms with E-state index in [1.165, 1.54) is 34.5 Å². The Kier molecular flexibility index (Phi) is 7.37. The van der Waals surface area contributed by atoms with E-state index >= 15 is 0 Å². The fourth-order valence-electron chi connectivity index (χ4n) is 3.62. The molecule has 0 saturated carbocycles. The van der Waals surface area contributed by atoms with E-state index < -0.39 is 10.0 Å². The molecule has 0 amide bonds. The normalized spacial score (nSPS) is 20.4. The first kappa shape index (κ1) is 21.1. The van der Waals surface area contributed by atoms with Crippen LogP contribution in [-0.2, 0) is 0 Å². The zero-order valence-corrected chi connectivity index (χ0v) is 18.5. The van der Waals surface area contributed by atoms with Crippen molar-refractivity contribution in [3.05, 3.63) is 70.2 Å². The van der Waals surface area contributed by atoms with E-state index in [9.17, 15) is 0 Å². The number of nitrogens with zero attached hydrogens (tertiary/aromatic N) is 1. The van der Waals surface area contributed by atoms with Crippen LogP contribution in [0.4, 0.5) is 0 Å². The van der Waals surface area contributed by atoms with Gasteiger partial charge in [0, 0.05) is 6.04 Å². The van der Waals surface area contributed by atoms with Crippen molar-refractivity contribution >= 4 is 10.0 Å². The second-order valence-electron chi connectivity index (χ2n) is 8.48. The highest BCUT2D eigenvalue weighted by molar-refractivity contribution is 8.35. The van der Waals surface area contributed by atoms with Crippen molar-refractivity contribution in [1.82, 2.24) is 4.90 Å². The number of allylic oxidation sites excluding steroid dienone is 8. The summed E-state index contributed by atoms with van der Waals surface area (Å²) < 4.78 is 0. The quantitative estimate of drug-likeness (QED) is 0.469. The Morgan fingerprint density at radius 1 is 1.19 bits per heavy atom. The van der Waals surface area contributed by atoms with Crippen molar-refractivity contribution in [2.75, 3.05) is 32.9 Å². The SMILES string of the molecule is C=C(/C(=C\C(C1=C(C)C=CCC1)N(C)C)CC1=CC=CCC1)S(C)(C)C. The molecule has 2 aliphatic rings. The average molecular weight is 372 g/mol. The molecule has 0 N–H and O–H groups in total. The zero-order valence-electron chi connectivity index (χ0n) is 17.6. The molecule has 1 atom stereocenters. The van der Waals surface area contributed by atoms with E-state index in [4.69, 9.17) is 0 Å². The molecule has 144 valence electrons. The minimum atomic E-state index is -0.825. The van der Waals surface area contributed by atoms with Crippen molar-refractivity contribution < 1.29 is 0 Å². The molecule has 2 rings (SSSR count). The fraction of sp³-hybridized carbons (Fsp3) is 0.500. The largest absolute Gasteiger partial charge is 0.299 e.